The first-order valence-corrected chi connectivity index (χ1v) is 6.95. The van der Waals surface area contributed by atoms with E-state index in [9.17, 15) is 9.59 Å². The molecule has 0 aromatic carbocycles. The van der Waals surface area contributed by atoms with Gasteiger partial charge in [0.2, 0.25) is 11.8 Å². The molecule has 18 heavy (non-hydrogen) atoms. The average molecular weight is 253 g/mol. The molecule has 0 saturated carbocycles. The zero-order chi connectivity index (χ0) is 13.0. The van der Waals surface area contributed by atoms with Gasteiger partial charge in [-0.2, -0.15) is 0 Å². The number of carbonyl (C=O) groups is 2. The van der Waals surface area contributed by atoms with Crippen LogP contribution in [0.3, 0.4) is 0 Å². The van der Waals surface area contributed by atoms with E-state index in [1.165, 1.54) is 0 Å². The summed E-state index contributed by atoms with van der Waals surface area (Å²) in [5.74, 6) is 0.239. The van der Waals surface area contributed by atoms with Crippen molar-refractivity contribution in [1.29, 1.82) is 0 Å². The SMILES string of the molecule is CCC1(C(=O)NC2CCC(=O)NC2)CCCNC1. The Hall–Kier alpha value is -1.10. The van der Waals surface area contributed by atoms with Gasteiger partial charge in [-0.25, -0.2) is 0 Å². The second kappa shape index (κ2) is 5.69. The smallest absolute Gasteiger partial charge is 0.227 e. The highest BCUT2D eigenvalue weighted by Crippen LogP contribution is 2.30. The van der Waals surface area contributed by atoms with Crippen LogP contribution >= 0.6 is 0 Å². The van der Waals surface area contributed by atoms with Gasteiger partial charge in [0.25, 0.3) is 0 Å². The highest BCUT2D eigenvalue weighted by Gasteiger charge is 2.38. The largest absolute Gasteiger partial charge is 0.354 e. The van der Waals surface area contributed by atoms with E-state index in [1.54, 1.807) is 0 Å². The average Bonchev–Trinajstić information content (AvgIpc) is 2.42. The lowest BCUT2D eigenvalue weighted by molar-refractivity contribution is -0.134. The van der Waals surface area contributed by atoms with E-state index < -0.39 is 0 Å². The van der Waals surface area contributed by atoms with Crippen molar-refractivity contribution in [2.45, 2.75) is 45.1 Å². The third-order valence-electron chi connectivity index (χ3n) is 4.23. The van der Waals surface area contributed by atoms with Crippen LogP contribution in [0, 0.1) is 5.41 Å². The van der Waals surface area contributed by atoms with Crippen molar-refractivity contribution in [3.63, 3.8) is 0 Å². The minimum absolute atomic E-state index is 0.0880. The number of nitrogens with one attached hydrogen (secondary N) is 3. The monoisotopic (exact) mass is 253 g/mol. The topological polar surface area (TPSA) is 70.2 Å². The van der Waals surface area contributed by atoms with Gasteiger partial charge in [-0.15, -0.1) is 0 Å². The fourth-order valence-electron chi connectivity index (χ4n) is 2.82. The molecule has 2 amide bonds. The number of piperidine rings is 2. The molecule has 2 rings (SSSR count). The summed E-state index contributed by atoms with van der Waals surface area (Å²) in [5, 5.41) is 9.23. The van der Waals surface area contributed by atoms with Crippen LogP contribution in [0.4, 0.5) is 0 Å². The third-order valence-corrected chi connectivity index (χ3v) is 4.23. The van der Waals surface area contributed by atoms with Crippen molar-refractivity contribution in [3.8, 4) is 0 Å². The molecule has 2 saturated heterocycles. The van der Waals surface area contributed by atoms with E-state index in [0.717, 1.165) is 38.8 Å². The van der Waals surface area contributed by atoms with Crippen molar-refractivity contribution in [3.05, 3.63) is 0 Å². The number of amides is 2. The summed E-state index contributed by atoms with van der Waals surface area (Å²) in [5.41, 5.74) is -0.250. The summed E-state index contributed by atoms with van der Waals surface area (Å²) in [7, 11) is 0. The second-order valence-corrected chi connectivity index (χ2v) is 5.43. The zero-order valence-corrected chi connectivity index (χ0v) is 11.1. The molecule has 2 aliphatic heterocycles. The molecular formula is C13H23N3O2. The normalized spacial score (nSPS) is 32.7. The Kier molecular flexibility index (Phi) is 4.22. The number of hydrogen-bond donors (Lipinski definition) is 3. The van der Waals surface area contributed by atoms with Crippen LogP contribution in [0.2, 0.25) is 0 Å². The maximum atomic E-state index is 12.4. The molecule has 0 aromatic rings. The molecule has 2 aliphatic rings. The molecule has 2 unspecified atom stereocenters. The molecule has 5 nitrogen and oxygen atoms in total. The molecule has 102 valence electrons. The Morgan fingerprint density at radius 2 is 2.39 bits per heavy atom. The Morgan fingerprint density at radius 3 is 2.94 bits per heavy atom. The van der Waals surface area contributed by atoms with Crippen molar-refractivity contribution in [2.75, 3.05) is 19.6 Å². The van der Waals surface area contributed by atoms with Gasteiger partial charge in [0, 0.05) is 25.6 Å². The van der Waals surface area contributed by atoms with Gasteiger partial charge in [0.05, 0.1) is 5.41 Å². The first-order chi connectivity index (χ1) is 8.66. The lowest BCUT2D eigenvalue weighted by Gasteiger charge is -2.37. The number of rotatable bonds is 3. The second-order valence-electron chi connectivity index (χ2n) is 5.43. The van der Waals surface area contributed by atoms with Crippen LogP contribution in [-0.4, -0.2) is 37.5 Å². The van der Waals surface area contributed by atoms with E-state index in [2.05, 4.69) is 22.9 Å². The quantitative estimate of drug-likeness (QED) is 0.671. The third kappa shape index (κ3) is 2.83. The lowest BCUT2D eigenvalue weighted by Crippen LogP contribution is -2.55. The predicted octanol–water partition coefficient (Wildman–Crippen LogP) is 0.161. The van der Waals surface area contributed by atoms with Crippen molar-refractivity contribution in [2.24, 2.45) is 5.41 Å². The lowest BCUT2D eigenvalue weighted by atomic mass is 9.77. The Morgan fingerprint density at radius 1 is 1.56 bits per heavy atom. The van der Waals surface area contributed by atoms with Gasteiger partial charge in [-0.1, -0.05) is 6.92 Å². The Balaban J connectivity index is 1.91. The fraction of sp³-hybridized carbons (Fsp3) is 0.846. The van der Waals surface area contributed by atoms with Crippen LogP contribution in [0.1, 0.15) is 39.0 Å². The van der Waals surface area contributed by atoms with E-state index in [0.29, 0.717) is 13.0 Å². The fourth-order valence-corrected chi connectivity index (χ4v) is 2.82. The summed E-state index contributed by atoms with van der Waals surface area (Å²) in [4.78, 5) is 23.5. The van der Waals surface area contributed by atoms with Crippen molar-refractivity contribution < 1.29 is 9.59 Å². The molecule has 2 heterocycles. The molecule has 0 bridgehead atoms. The molecule has 0 spiro atoms. The van der Waals surface area contributed by atoms with Gasteiger partial charge in [0.1, 0.15) is 0 Å². The highest BCUT2D eigenvalue weighted by atomic mass is 16.2. The molecule has 0 aromatic heterocycles. The summed E-state index contributed by atoms with van der Waals surface area (Å²) < 4.78 is 0. The predicted molar refractivity (Wildman–Crippen MR) is 69.0 cm³/mol. The van der Waals surface area contributed by atoms with E-state index >= 15 is 0 Å². The molecule has 2 atom stereocenters. The minimum atomic E-state index is -0.250. The first kappa shape index (κ1) is 13.3. The van der Waals surface area contributed by atoms with Crippen LogP contribution in [-0.2, 0) is 9.59 Å². The molecule has 0 radical (unpaired) electrons. The van der Waals surface area contributed by atoms with Crippen LogP contribution in [0.15, 0.2) is 0 Å². The maximum Gasteiger partial charge on any atom is 0.227 e. The standard InChI is InChI=1S/C13H23N3O2/c1-2-13(6-3-7-14-9-13)12(18)16-10-4-5-11(17)15-8-10/h10,14H,2-9H2,1H3,(H,15,17)(H,16,18). The molecule has 5 heteroatoms. The summed E-state index contributed by atoms with van der Waals surface area (Å²) in [6.07, 6.45) is 4.15. The number of carbonyl (C=O) groups excluding carboxylic acids is 2. The first-order valence-electron chi connectivity index (χ1n) is 6.95. The zero-order valence-electron chi connectivity index (χ0n) is 11.1. The van der Waals surface area contributed by atoms with Crippen molar-refractivity contribution >= 4 is 11.8 Å². The van der Waals surface area contributed by atoms with Gasteiger partial charge < -0.3 is 16.0 Å². The number of hydrogen-bond acceptors (Lipinski definition) is 3. The summed E-state index contributed by atoms with van der Waals surface area (Å²) in [6.45, 7) is 4.43. The van der Waals surface area contributed by atoms with E-state index in [-0.39, 0.29) is 23.3 Å². The molecule has 3 N–H and O–H groups in total. The summed E-state index contributed by atoms with van der Waals surface area (Å²) >= 11 is 0. The Bertz CT molecular complexity index is 314. The van der Waals surface area contributed by atoms with Crippen LogP contribution in [0.5, 0.6) is 0 Å². The minimum Gasteiger partial charge on any atom is -0.354 e. The molecule has 2 fully saturated rings. The van der Waals surface area contributed by atoms with Crippen LogP contribution < -0.4 is 16.0 Å². The molecule has 0 aliphatic carbocycles. The van der Waals surface area contributed by atoms with Crippen LogP contribution in [0.25, 0.3) is 0 Å². The van der Waals surface area contributed by atoms with Gasteiger partial charge in [-0.05, 0) is 32.2 Å². The van der Waals surface area contributed by atoms with Crippen molar-refractivity contribution in [1.82, 2.24) is 16.0 Å². The summed E-state index contributed by atoms with van der Waals surface area (Å²) in [6, 6.07) is 0.0977. The van der Waals surface area contributed by atoms with E-state index in [1.807, 2.05) is 0 Å². The maximum absolute atomic E-state index is 12.4. The highest BCUT2D eigenvalue weighted by molar-refractivity contribution is 5.84. The Labute approximate surface area is 108 Å². The van der Waals surface area contributed by atoms with E-state index in [4.69, 9.17) is 0 Å². The van der Waals surface area contributed by atoms with Gasteiger partial charge in [0.15, 0.2) is 0 Å². The molecular weight excluding hydrogens is 230 g/mol. The van der Waals surface area contributed by atoms with Gasteiger partial charge in [-0.3, -0.25) is 9.59 Å². The van der Waals surface area contributed by atoms with Gasteiger partial charge >= 0.3 is 0 Å².